The topological polar surface area (TPSA) is 18.5 Å². The van der Waals surface area contributed by atoms with Gasteiger partial charge >= 0.3 is 58.2 Å². The van der Waals surface area contributed by atoms with Gasteiger partial charge in [-0.05, 0) is 62.0 Å². The third-order valence-electron chi connectivity index (χ3n) is 6.47. The summed E-state index contributed by atoms with van der Waals surface area (Å²) in [6.07, 6.45) is 13.7. The summed E-state index contributed by atoms with van der Waals surface area (Å²) in [4.78, 5) is 0. The van der Waals surface area contributed by atoms with Crippen molar-refractivity contribution in [2.24, 2.45) is 11.8 Å². The van der Waals surface area contributed by atoms with Crippen LogP contribution in [0.5, 0.6) is 5.75 Å². The Hall–Kier alpha value is 0.645. The Morgan fingerprint density at radius 3 is 2.48 bits per heavy atom. The van der Waals surface area contributed by atoms with E-state index in [2.05, 4.69) is 6.42 Å². The fraction of sp³-hybridized carbons (Fsp3) is 0.682. The zero-order valence-electron chi connectivity index (χ0n) is 16.4. The molecule has 0 bridgehead atoms. The third kappa shape index (κ3) is 5.62. The number of aryl methyl sites for hydroxylation is 1. The first-order valence-electron chi connectivity index (χ1n) is 10.3. The van der Waals surface area contributed by atoms with Gasteiger partial charge in [0, 0.05) is 6.61 Å². The maximum Gasteiger partial charge on any atom is 1.00 e. The van der Waals surface area contributed by atoms with Gasteiger partial charge in [-0.2, -0.15) is 17.2 Å². The molecule has 2 saturated carbocycles. The molecule has 1 unspecified atom stereocenters. The van der Waals surface area contributed by atoms with E-state index < -0.39 is 11.6 Å². The van der Waals surface area contributed by atoms with Gasteiger partial charge < -0.3 is 15.9 Å². The van der Waals surface area contributed by atoms with Gasteiger partial charge in [0.2, 0.25) is 5.82 Å². The summed E-state index contributed by atoms with van der Waals surface area (Å²) in [5.41, 5.74) is 0.793. The Bertz CT molecular complexity index is 611. The van der Waals surface area contributed by atoms with Crippen LogP contribution in [0.15, 0.2) is 12.1 Å². The van der Waals surface area contributed by atoms with E-state index in [0.717, 1.165) is 56.6 Å². The van der Waals surface area contributed by atoms with E-state index in [-0.39, 0.29) is 70.0 Å². The van der Waals surface area contributed by atoms with Crippen molar-refractivity contribution in [1.29, 1.82) is 0 Å². The average molecular weight is 449 g/mol. The fourth-order valence-electron chi connectivity index (χ4n) is 4.80. The van der Waals surface area contributed by atoms with Crippen molar-refractivity contribution in [3.8, 4) is 5.75 Å². The third-order valence-corrected chi connectivity index (χ3v) is 6.47. The van der Waals surface area contributed by atoms with E-state index in [1.165, 1.54) is 31.7 Å². The molecule has 0 spiro atoms. The molecule has 1 aromatic carbocycles. The SMILES string of the molecule is Fc1ccc2c(c1F)OC(C1CCC(OCC3CC[CH-]CC3)CC1)CC2.[Rb+]. The van der Waals surface area contributed by atoms with Crippen LogP contribution in [-0.2, 0) is 11.2 Å². The van der Waals surface area contributed by atoms with Crippen LogP contribution in [0.4, 0.5) is 8.78 Å². The fourth-order valence-corrected chi connectivity index (χ4v) is 4.80. The maximum atomic E-state index is 14.0. The van der Waals surface area contributed by atoms with E-state index >= 15 is 0 Å². The van der Waals surface area contributed by atoms with Crippen LogP contribution in [-0.4, -0.2) is 18.8 Å². The molecule has 144 valence electrons. The van der Waals surface area contributed by atoms with Crippen LogP contribution in [0.3, 0.4) is 0 Å². The van der Waals surface area contributed by atoms with E-state index in [4.69, 9.17) is 9.47 Å². The van der Waals surface area contributed by atoms with Crippen LogP contribution < -0.4 is 62.9 Å². The van der Waals surface area contributed by atoms with Crippen molar-refractivity contribution in [2.75, 3.05) is 6.61 Å². The van der Waals surface area contributed by atoms with Crippen molar-refractivity contribution in [1.82, 2.24) is 0 Å². The summed E-state index contributed by atoms with van der Waals surface area (Å²) in [5.74, 6) is -0.340. The van der Waals surface area contributed by atoms with E-state index in [0.29, 0.717) is 12.0 Å². The number of halogens is 2. The molecule has 5 heteroatoms. The molecule has 0 radical (unpaired) electrons. The van der Waals surface area contributed by atoms with Gasteiger partial charge in [0.15, 0.2) is 11.6 Å². The number of hydrogen-bond donors (Lipinski definition) is 0. The molecule has 0 saturated heterocycles. The molecule has 3 aliphatic rings. The number of fused-ring (bicyclic) bond motifs is 1. The summed E-state index contributed by atoms with van der Waals surface area (Å²) < 4.78 is 39.6. The van der Waals surface area contributed by atoms with Crippen LogP contribution in [0, 0.1) is 29.9 Å². The van der Waals surface area contributed by atoms with Gasteiger partial charge in [-0.3, -0.25) is 0 Å². The normalized spacial score (nSPS) is 28.7. The van der Waals surface area contributed by atoms with Gasteiger partial charge in [-0.25, -0.2) is 4.39 Å². The molecule has 0 aromatic heterocycles. The molecule has 1 aromatic rings. The second kappa shape index (κ2) is 10.6. The molecule has 27 heavy (non-hydrogen) atoms. The quantitative estimate of drug-likeness (QED) is 0.659. The van der Waals surface area contributed by atoms with Crippen molar-refractivity contribution in [2.45, 2.75) is 76.4 Å². The molecule has 1 aliphatic heterocycles. The van der Waals surface area contributed by atoms with E-state index in [1.54, 1.807) is 6.07 Å². The maximum absolute atomic E-state index is 14.0. The molecule has 0 N–H and O–H groups in total. The van der Waals surface area contributed by atoms with Gasteiger partial charge in [-0.15, -0.1) is 0 Å². The van der Waals surface area contributed by atoms with Gasteiger partial charge in [0.25, 0.3) is 0 Å². The second-order valence-electron chi connectivity index (χ2n) is 8.22. The first-order chi connectivity index (χ1) is 12.7. The van der Waals surface area contributed by atoms with Crippen LogP contribution in [0.25, 0.3) is 0 Å². The Kier molecular flexibility index (Phi) is 8.77. The van der Waals surface area contributed by atoms with Gasteiger partial charge in [0.05, 0.1) is 6.10 Å². The average Bonchev–Trinajstić information content (AvgIpc) is 2.70. The monoisotopic (exact) mass is 448 g/mol. The first kappa shape index (κ1) is 22.3. The summed E-state index contributed by atoms with van der Waals surface area (Å²) >= 11 is 0. The standard InChI is InChI=1S/C22H29F2O2.Rb/c23-19-12-8-17-9-13-20(26-22(17)21(19)24)16-6-10-18(11-7-16)25-14-15-4-2-1-3-5-15;/h1,8,12,15-16,18,20H,2-7,9-11,13-14H2;/q-1;+1. The van der Waals surface area contributed by atoms with Gasteiger partial charge in [0.1, 0.15) is 6.10 Å². The van der Waals surface area contributed by atoms with E-state index in [9.17, 15) is 8.78 Å². The molecule has 1 atom stereocenters. The van der Waals surface area contributed by atoms with Crippen LogP contribution in [0.2, 0.25) is 0 Å². The minimum atomic E-state index is -0.825. The molecular weight excluding hydrogens is 420 g/mol. The van der Waals surface area contributed by atoms with E-state index in [1.807, 2.05) is 0 Å². The summed E-state index contributed by atoms with van der Waals surface area (Å²) in [7, 11) is 0. The number of hydrogen-bond acceptors (Lipinski definition) is 2. The van der Waals surface area contributed by atoms with Crippen molar-refractivity contribution in [3.05, 3.63) is 35.8 Å². The summed E-state index contributed by atoms with van der Waals surface area (Å²) in [5, 5.41) is 0. The van der Waals surface area contributed by atoms with Crippen molar-refractivity contribution in [3.63, 3.8) is 0 Å². The summed E-state index contributed by atoms with van der Waals surface area (Å²) in [6, 6.07) is 2.85. The molecule has 2 fully saturated rings. The van der Waals surface area contributed by atoms with Crippen LogP contribution >= 0.6 is 0 Å². The Morgan fingerprint density at radius 2 is 1.74 bits per heavy atom. The predicted octanol–water partition coefficient (Wildman–Crippen LogP) is 2.63. The number of ether oxygens (including phenoxy) is 2. The summed E-state index contributed by atoms with van der Waals surface area (Å²) in [6.45, 7) is 0.904. The molecule has 0 amide bonds. The molecule has 1 heterocycles. The zero-order chi connectivity index (χ0) is 17.9. The number of rotatable bonds is 4. The smallest absolute Gasteiger partial charge is 0.487 e. The minimum Gasteiger partial charge on any atom is -0.487 e. The molecular formula is C22H29F2O2Rb. The molecule has 4 rings (SSSR count). The predicted molar refractivity (Wildman–Crippen MR) is 97.1 cm³/mol. The Morgan fingerprint density at radius 1 is 1.00 bits per heavy atom. The number of benzene rings is 1. The second-order valence-corrected chi connectivity index (χ2v) is 8.22. The molecule has 2 nitrogen and oxygen atoms in total. The van der Waals surface area contributed by atoms with Crippen LogP contribution in [0.1, 0.15) is 63.4 Å². The Balaban J connectivity index is 0.00000210. The first-order valence-corrected chi connectivity index (χ1v) is 10.3. The van der Waals surface area contributed by atoms with Crippen molar-refractivity contribution < 1.29 is 76.4 Å². The minimum absolute atomic E-state index is 0. The van der Waals surface area contributed by atoms with Crippen molar-refractivity contribution >= 4 is 0 Å². The Labute approximate surface area is 210 Å². The van der Waals surface area contributed by atoms with Gasteiger partial charge in [-0.1, -0.05) is 18.9 Å². The zero-order valence-corrected chi connectivity index (χ0v) is 21.3. The molecule has 2 aliphatic carbocycles. The largest absolute Gasteiger partial charge is 1.00 e.